The topological polar surface area (TPSA) is 192 Å². The standard InChI is InChI=1S/C32H40N5O10P/c1-17(2)27(38)43-25-24(22-14-15-23-26(33)34-16-35-37(22)23)44-31(6)30(32(25,31)45-28(39)18(3)4)47-48(41,46-21-10-8-7-9-11-21)36-19(5)29(40)42-20-12-13-20/h7-11,14-20,24-25,30H,12-13H2,1-6H3,(H,36,41)(H2,33,34,35)/t19-,24-,25-,30?,31+,32+,48?/m0/s1. The quantitative estimate of drug-likeness (QED) is 0.149. The molecule has 3 heterocycles. The second-order valence-corrected chi connectivity index (χ2v) is 14.7. The number of para-hydroxylation sites is 1. The number of benzene rings is 1. The molecule has 0 bridgehead atoms. The first-order chi connectivity index (χ1) is 22.7. The smallest absolute Gasteiger partial charge is 0.459 e. The van der Waals surface area contributed by atoms with Crippen molar-refractivity contribution in [3.63, 3.8) is 0 Å². The number of nitrogens with zero attached hydrogens (tertiary/aromatic N) is 3. The molecule has 2 unspecified atom stereocenters. The monoisotopic (exact) mass is 685 g/mol. The van der Waals surface area contributed by atoms with Crippen LogP contribution < -0.4 is 15.3 Å². The summed E-state index contributed by atoms with van der Waals surface area (Å²) in [6.45, 7) is 9.70. The van der Waals surface area contributed by atoms with Crippen molar-refractivity contribution < 1.29 is 46.9 Å². The fourth-order valence-electron chi connectivity index (χ4n) is 5.75. The van der Waals surface area contributed by atoms with E-state index in [0.29, 0.717) is 11.2 Å². The highest BCUT2D eigenvalue weighted by molar-refractivity contribution is 7.52. The van der Waals surface area contributed by atoms with Crippen LogP contribution >= 0.6 is 7.75 Å². The summed E-state index contributed by atoms with van der Waals surface area (Å²) < 4.78 is 52.6. The maximum Gasteiger partial charge on any atom is 0.459 e. The molecule has 15 nitrogen and oxygen atoms in total. The van der Waals surface area contributed by atoms with Crippen molar-refractivity contribution in [2.24, 2.45) is 11.8 Å². The van der Waals surface area contributed by atoms with Crippen LogP contribution in [0.3, 0.4) is 0 Å². The zero-order valence-corrected chi connectivity index (χ0v) is 28.4. The van der Waals surface area contributed by atoms with Gasteiger partial charge in [-0.2, -0.15) is 10.2 Å². The van der Waals surface area contributed by atoms with Crippen LogP contribution in [0.5, 0.6) is 5.75 Å². The lowest BCUT2D eigenvalue weighted by Crippen LogP contribution is -2.45. The number of ether oxygens (including phenoxy) is 4. The minimum Gasteiger partial charge on any atom is -0.461 e. The zero-order chi connectivity index (χ0) is 34.6. The van der Waals surface area contributed by atoms with Gasteiger partial charge in [-0.3, -0.25) is 18.9 Å². The van der Waals surface area contributed by atoms with Gasteiger partial charge in [0.15, 0.2) is 11.9 Å². The Labute approximate surface area is 277 Å². The molecule has 0 radical (unpaired) electrons. The Kier molecular flexibility index (Phi) is 8.78. The Balaban J connectivity index is 1.41. The van der Waals surface area contributed by atoms with Crippen LogP contribution in [-0.2, 0) is 42.4 Å². The van der Waals surface area contributed by atoms with E-state index in [1.54, 1.807) is 77.1 Å². The van der Waals surface area contributed by atoms with E-state index in [-0.39, 0.29) is 17.7 Å². The molecule has 48 heavy (non-hydrogen) atoms. The molecule has 3 N–H and O–H groups in total. The van der Waals surface area contributed by atoms with E-state index in [1.807, 2.05) is 0 Å². The normalized spacial score (nSPS) is 28.0. The molecule has 3 aliphatic rings. The molecule has 1 aromatic carbocycles. The van der Waals surface area contributed by atoms with Gasteiger partial charge in [-0.05, 0) is 51.0 Å². The Bertz CT molecular complexity index is 1760. The van der Waals surface area contributed by atoms with Crippen LogP contribution in [0.15, 0.2) is 48.8 Å². The molecule has 3 aromatic rings. The van der Waals surface area contributed by atoms with E-state index in [2.05, 4.69) is 15.2 Å². The summed E-state index contributed by atoms with van der Waals surface area (Å²) in [7, 11) is -4.48. The minimum absolute atomic E-state index is 0.179. The Morgan fingerprint density at radius 1 is 1.00 bits per heavy atom. The van der Waals surface area contributed by atoms with Crippen LogP contribution in [-0.4, -0.2) is 68.1 Å². The third kappa shape index (κ3) is 6.04. The van der Waals surface area contributed by atoms with Crippen LogP contribution in [0, 0.1) is 11.8 Å². The summed E-state index contributed by atoms with van der Waals surface area (Å²) in [5.41, 5.74) is 3.67. The van der Waals surface area contributed by atoms with Gasteiger partial charge in [0.05, 0.1) is 17.5 Å². The second-order valence-electron chi connectivity index (χ2n) is 13.1. The molecule has 1 saturated heterocycles. The molecule has 7 atom stereocenters. The fraction of sp³-hybridized carbons (Fsp3) is 0.531. The maximum atomic E-state index is 14.6. The molecule has 6 rings (SSSR count). The molecule has 3 fully saturated rings. The maximum absolute atomic E-state index is 14.6. The van der Waals surface area contributed by atoms with Crippen molar-refractivity contribution in [1.82, 2.24) is 19.7 Å². The van der Waals surface area contributed by atoms with Crippen molar-refractivity contribution in [2.45, 2.75) is 96.0 Å². The molecule has 1 aliphatic heterocycles. The van der Waals surface area contributed by atoms with Crippen molar-refractivity contribution in [1.29, 1.82) is 0 Å². The average molecular weight is 686 g/mol. The highest BCUT2D eigenvalue weighted by Crippen LogP contribution is 2.71. The minimum atomic E-state index is -4.48. The number of rotatable bonds is 13. The predicted octanol–water partition coefficient (Wildman–Crippen LogP) is 3.92. The predicted molar refractivity (Wildman–Crippen MR) is 169 cm³/mol. The average Bonchev–Trinajstić information content (AvgIpc) is 3.83. The van der Waals surface area contributed by atoms with Crippen LogP contribution in [0.1, 0.15) is 66.2 Å². The first-order valence-electron chi connectivity index (χ1n) is 15.9. The van der Waals surface area contributed by atoms with Crippen LogP contribution in [0.25, 0.3) is 5.52 Å². The fourth-order valence-corrected chi connectivity index (χ4v) is 7.52. The van der Waals surface area contributed by atoms with Crippen molar-refractivity contribution in [2.75, 3.05) is 5.73 Å². The molecule has 16 heteroatoms. The number of anilines is 1. The van der Waals surface area contributed by atoms with Crippen molar-refractivity contribution in [3.05, 3.63) is 54.5 Å². The van der Waals surface area contributed by atoms with Gasteiger partial charge < -0.3 is 29.2 Å². The lowest BCUT2D eigenvalue weighted by molar-refractivity contribution is -0.181. The summed E-state index contributed by atoms with van der Waals surface area (Å²) in [5, 5.41) is 7.00. The van der Waals surface area contributed by atoms with Gasteiger partial charge in [0, 0.05) is 0 Å². The number of carbonyl (C=O) groups is 3. The van der Waals surface area contributed by atoms with E-state index < -0.39 is 73.0 Å². The number of nitrogens with one attached hydrogen (secondary N) is 1. The van der Waals surface area contributed by atoms with Crippen LogP contribution in [0.2, 0.25) is 0 Å². The van der Waals surface area contributed by atoms with E-state index in [1.165, 1.54) is 17.8 Å². The number of fused-ring (bicyclic) bond motifs is 2. The molecular weight excluding hydrogens is 645 g/mol. The Hall–Kier alpha value is -4.04. The largest absolute Gasteiger partial charge is 0.461 e. The highest BCUT2D eigenvalue weighted by Gasteiger charge is 2.91. The van der Waals surface area contributed by atoms with Crippen molar-refractivity contribution >= 4 is 37.0 Å². The van der Waals surface area contributed by atoms with E-state index in [0.717, 1.165) is 12.8 Å². The van der Waals surface area contributed by atoms with E-state index in [4.69, 9.17) is 33.7 Å². The van der Waals surface area contributed by atoms with Gasteiger partial charge in [0.1, 0.15) is 47.5 Å². The first kappa shape index (κ1) is 33.8. The molecule has 258 valence electrons. The molecule has 2 aliphatic carbocycles. The lowest BCUT2D eigenvalue weighted by atomic mass is 10.0. The van der Waals surface area contributed by atoms with Gasteiger partial charge >= 0.3 is 25.7 Å². The van der Waals surface area contributed by atoms with E-state index >= 15 is 0 Å². The Morgan fingerprint density at radius 3 is 2.33 bits per heavy atom. The van der Waals surface area contributed by atoms with Crippen molar-refractivity contribution in [3.8, 4) is 5.75 Å². The summed E-state index contributed by atoms with van der Waals surface area (Å²) >= 11 is 0. The van der Waals surface area contributed by atoms with Gasteiger partial charge in [0.25, 0.3) is 0 Å². The number of nitrogens with two attached hydrogens (primary N) is 1. The number of carbonyl (C=O) groups excluding carboxylic acids is 3. The summed E-state index contributed by atoms with van der Waals surface area (Å²) in [4.78, 5) is 43.5. The SMILES string of the molecule is CC(C)C(=O)O[C@H]1[C@H](c2ccc3c(N)ncnn23)O[C@]2(C)C(OP(=O)(N[C@@H](C)C(=O)OC3CC3)Oc3ccccc3)[C@]12OC(=O)C(C)C. The third-order valence-electron chi connectivity index (χ3n) is 8.64. The Morgan fingerprint density at radius 2 is 1.69 bits per heavy atom. The molecular formula is C32H40N5O10P. The van der Waals surface area contributed by atoms with Gasteiger partial charge in [-0.25, -0.2) is 14.1 Å². The summed E-state index contributed by atoms with van der Waals surface area (Å²) in [6, 6.07) is 10.5. The van der Waals surface area contributed by atoms with Gasteiger partial charge in [-0.1, -0.05) is 45.9 Å². The van der Waals surface area contributed by atoms with Crippen LogP contribution in [0.4, 0.5) is 5.82 Å². The number of aromatic nitrogens is 3. The highest BCUT2D eigenvalue weighted by atomic mass is 31.2. The molecule has 0 amide bonds. The van der Waals surface area contributed by atoms with Gasteiger partial charge in [0.2, 0.25) is 5.60 Å². The second kappa shape index (κ2) is 12.4. The number of hydrogen-bond donors (Lipinski definition) is 2. The summed E-state index contributed by atoms with van der Waals surface area (Å²) in [6.07, 6.45) is -1.05. The van der Waals surface area contributed by atoms with E-state index in [9.17, 15) is 18.9 Å². The summed E-state index contributed by atoms with van der Waals surface area (Å²) in [5.74, 6) is -2.65. The molecule has 2 saturated carbocycles. The lowest BCUT2D eigenvalue weighted by Gasteiger charge is -2.31. The first-order valence-corrected chi connectivity index (χ1v) is 17.4. The molecule has 0 spiro atoms. The third-order valence-corrected chi connectivity index (χ3v) is 10.3. The number of esters is 3. The molecule has 2 aromatic heterocycles. The zero-order valence-electron chi connectivity index (χ0n) is 27.5. The number of nitrogen functional groups attached to an aromatic ring is 1. The van der Waals surface area contributed by atoms with Gasteiger partial charge in [-0.15, -0.1) is 0 Å². The number of hydrogen-bond acceptors (Lipinski definition) is 13.